The topological polar surface area (TPSA) is 117 Å². The van der Waals surface area contributed by atoms with Gasteiger partial charge in [0.05, 0.1) is 4.90 Å². The van der Waals surface area contributed by atoms with Crippen LogP contribution in [0.2, 0.25) is 0 Å². The number of aromatic nitrogens is 1. The molecule has 29 heavy (non-hydrogen) atoms. The molecule has 0 bridgehead atoms. The van der Waals surface area contributed by atoms with Crippen molar-refractivity contribution in [3.05, 3.63) is 47.3 Å². The van der Waals surface area contributed by atoms with Crippen LogP contribution in [0, 0.1) is 6.92 Å². The summed E-state index contributed by atoms with van der Waals surface area (Å²) in [5, 5.41) is 12.1. The van der Waals surface area contributed by atoms with Gasteiger partial charge in [0, 0.05) is 25.7 Å². The van der Waals surface area contributed by atoms with Crippen LogP contribution in [0.4, 0.5) is 0 Å². The van der Waals surface area contributed by atoms with Crippen LogP contribution in [-0.2, 0) is 16.4 Å². The molecule has 1 aromatic heterocycles. The van der Waals surface area contributed by atoms with E-state index in [-0.39, 0.29) is 16.5 Å². The second-order valence-electron chi connectivity index (χ2n) is 6.99. The molecule has 0 spiro atoms. The summed E-state index contributed by atoms with van der Waals surface area (Å²) in [5.74, 6) is 0.259. The van der Waals surface area contributed by atoms with Gasteiger partial charge in [-0.05, 0) is 48.4 Å². The fourth-order valence-corrected chi connectivity index (χ4v) is 3.78. The van der Waals surface area contributed by atoms with Crippen molar-refractivity contribution in [2.75, 3.05) is 19.6 Å². The highest BCUT2D eigenvalue weighted by Crippen LogP contribution is 2.16. The normalized spacial score (nSPS) is 15.4. The molecule has 1 N–H and O–H groups in total. The summed E-state index contributed by atoms with van der Waals surface area (Å²) in [4.78, 5) is 12.0. The van der Waals surface area contributed by atoms with Gasteiger partial charge in [-0.15, -0.1) is 0 Å². The number of nitrogens with one attached hydrogen (secondary N) is 1. The molecule has 1 aliphatic rings. The van der Waals surface area contributed by atoms with Crippen molar-refractivity contribution in [2.24, 2.45) is 9.74 Å². The predicted molar refractivity (Wildman–Crippen MR) is 106 cm³/mol. The van der Waals surface area contributed by atoms with E-state index in [2.05, 4.69) is 20.2 Å². The number of hydrogen-bond acceptors (Lipinski definition) is 6. The van der Waals surface area contributed by atoms with E-state index in [0.717, 1.165) is 44.3 Å². The van der Waals surface area contributed by atoms with E-state index in [1.54, 1.807) is 30.1 Å². The number of hydrogen-bond donors (Lipinski definition) is 1. The molecule has 1 amide bonds. The molecule has 156 valence electrons. The zero-order chi connectivity index (χ0) is 20.7. The van der Waals surface area contributed by atoms with Crippen molar-refractivity contribution >= 4 is 15.9 Å². The number of aryl methyl sites for hydroxylation is 1. The highest BCUT2D eigenvalue weighted by Gasteiger charge is 2.15. The molecule has 2 heterocycles. The Balaban J connectivity index is 1.52. The summed E-state index contributed by atoms with van der Waals surface area (Å²) in [5.41, 5.74) is 1.13. The van der Waals surface area contributed by atoms with Gasteiger partial charge in [0.25, 0.3) is 5.91 Å². The minimum absolute atomic E-state index is 0.0990. The van der Waals surface area contributed by atoms with Crippen LogP contribution in [0.5, 0.6) is 0 Å². The fraction of sp³-hybridized carbons (Fsp3) is 0.474. The van der Waals surface area contributed by atoms with Gasteiger partial charge >= 0.3 is 10.0 Å². The van der Waals surface area contributed by atoms with Gasteiger partial charge in [0.15, 0.2) is 5.69 Å². The van der Waals surface area contributed by atoms with E-state index >= 15 is 0 Å². The van der Waals surface area contributed by atoms with Crippen molar-refractivity contribution in [1.82, 2.24) is 15.5 Å². The average Bonchev–Trinajstić information content (AvgIpc) is 2.98. The van der Waals surface area contributed by atoms with Crippen molar-refractivity contribution < 1.29 is 17.7 Å². The minimum Gasteiger partial charge on any atom is -0.361 e. The largest absolute Gasteiger partial charge is 0.361 e. The van der Waals surface area contributed by atoms with Crippen LogP contribution < -0.4 is 5.32 Å². The van der Waals surface area contributed by atoms with Gasteiger partial charge in [0.2, 0.25) is 0 Å². The lowest BCUT2D eigenvalue weighted by Gasteiger charge is -2.13. The number of amides is 1. The van der Waals surface area contributed by atoms with E-state index in [0.29, 0.717) is 18.7 Å². The van der Waals surface area contributed by atoms with Gasteiger partial charge in [-0.1, -0.05) is 35.4 Å². The summed E-state index contributed by atoms with van der Waals surface area (Å²) in [6.45, 7) is 3.58. The molecular weight excluding hydrogens is 394 g/mol. The molecule has 0 atom stereocenters. The van der Waals surface area contributed by atoms with Crippen molar-refractivity contribution in [3.8, 4) is 0 Å². The third-order valence-electron chi connectivity index (χ3n) is 4.63. The van der Waals surface area contributed by atoms with Gasteiger partial charge in [-0.2, -0.15) is 8.42 Å². The summed E-state index contributed by atoms with van der Waals surface area (Å²) >= 11 is 0. The van der Waals surface area contributed by atoms with Crippen LogP contribution in [-0.4, -0.2) is 44.1 Å². The number of benzene rings is 1. The number of sulfonamides is 1. The van der Waals surface area contributed by atoms with Gasteiger partial charge in [-0.3, -0.25) is 9.80 Å². The lowest BCUT2D eigenvalue weighted by atomic mass is 10.1. The number of carbonyl (C=O) groups excluding carboxylic acids is 1. The Morgan fingerprint density at radius 1 is 1.17 bits per heavy atom. The van der Waals surface area contributed by atoms with Crippen LogP contribution in [0.3, 0.4) is 0 Å². The van der Waals surface area contributed by atoms with Crippen LogP contribution in [0.1, 0.15) is 47.5 Å². The zero-order valence-corrected chi connectivity index (χ0v) is 17.2. The van der Waals surface area contributed by atoms with Crippen LogP contribution >= 0.6 is 0 Å². The SMILES string of the molecule is Cc1cc(C(=O)NCCc2ccc(S(=O)(=O)/N=N/N3CCCCCC3)cc2)no1. The highest BCUT2D eigenvalue weighted by molar-refractivity contribution is 7.90. The lowest BCUT2D eigenvalue weighted by Crippen LogP contribution is -2.25. The van der Waals surface area contributed by atoms with Crippen LogP contribution in [0.25, 0.3) is 0 Å². The predicted octanol–water partition coefficient (Wildman–Crippen LogP) is 2.89. The lowest BCUT2D eigenvalue weighted by molar-refractivity contribution is 0.0945. The first-order chi connectivity index (χ1) is 13.9. The molecule has 1 fully saturated rings. The van der Waals surface area contributed by atoms with E-state index in [9.17, 15) is 13.2 Å². The van der Waals surface area contributed by atoms with E-state index in [1.807, 2.05) is 0 Å². The first kappa shape index (κ1) is 21.0. The molecule has 2 aromatic rings. The minimum atomic E-state index is -3.83. The molecule has 1 aliphatic heterocycles. The molecule has 0 radical (unpaired) electrons. The summed E-state index contributed by atoms with van der Waals surface area (Å²) in [6.07, 6.45) is 4.83. The van der Waals surface area contributed by atoms with Crippen molar-refractivity contribution in [1.29, 1.82) is 0 Å². The van der Waals surface area contributed by atoms with E-state index in [4.69, 9.17) is 4.52 Å². The number of rotatable bonds is 7. The summed E-state index contributed by atoms with van der Waals surface area (Å²) in [6, 6.07) is 8.00. The first-order valence-corrected chi connectivity index (χ1v) is 11.1. The molecule has 3 rings (SSSR count). The Kier molecular flexibility index (Phi) is 6.97. The molecular formula is C19H25N5O4S. The first-order valence-electron chi connectivity index (χ1n) is 9.67. The second-order valence-corrected chi connectivity index (χ2v) is 8.57. The summed E-state index contributed by atoms with van der Waals surface area (Å²) < 4.78 is 33.2. The monoisotopic (exact) mass is 419 g/mol. The Morgan fingerprint density at radius 2 is 1.86 bits per heavy atom. The number of carbonyl (C=O) groups is 1. The van der Waals surface area contributed by atoms with Gasteiger partial charge in [0.1, 0.15) is 5.76 Å². The Morgan fingerprint density at radius 3 is 2.48 bits per heavy atom. The zero-order valence-electron chi connectivity index (χ0n) is 16.4. The Labute approximate surface area is 170 Å². The quantitative estimate of drug-likeness (QED) is 0.690. The molecule has 0 aliphatic carbocycles. The fourth-order valence-electron chi connectivity index (χ4n) is 3.00. The van der Waals surface area contributed by atoms with Gasteiger partial charge in [-0.25, -0.2) is 0 Å². The molecule has 1 aromatic carbocycles. The third kappa shape index (κ3) is 6.11. The second kappa shape index (κ2) is 9.64. The molecule has 0 unspecified atom stereocenters. The Bertz CT molecular complexity index is 945. The smallest absolute Gasteiger partial charge is 0.301 e. The summed E-state index contributed by atoms with van der Waals surface area (Å²) in [7, 11) is -3.83. The maximum Gasteiger partial charge on any atom is 0.301 e. The van der Waals surface area contributed by atoms with Crippen molar-refractivity contribution in [2.45, 2.75) is 43.9 Å². The standard InChI is InChI=1S/C19H25N5O4S/c1-15-14-18(21-28-15)19(25)20-11-10-16-6-8-17(9-7-16)29(26,27)23-22-24-12-4-2-3-5-13-24/h6-9,14H,2-5,10-13H2,1H3,(H,20,25)/b23-22+. The van der Waals surface area contributed by atoms with Crippen LogP contribution in [0.15, 0.2) is 49.5 Å². The molecule has 10 heteroatoms. The highest BCUT2D eigenvalue weighted by atomic mass is 32.2. The average molecular weight is 420 g/mol. The van der Waals surface area contributed by atoms with E-state index < -0.39 is 10.0 Å². The molecule has 1 saturated heterocycles. The molecule has 9 nitrogen and oxygen atoms in total. The molecule has 0 saturated carbocycles. The third-order valence-corrected chi connectivity index (χ3v) is 5.79. The van der Waals surface area contributed by atoms with E-state index in [1.165, 1.54) is 12.1 Å². The Hall–Kier alpha value is -2.75. The maximum atomic E-state index is 12.4. The maximum absolute atomic E-state index is 12.4. The van der Waals surface area contributed by atoms with Crippen molar-refractivity contribution in [3.63, 3.8) is 0 Å². The number of nitrogens with zero attached hydrogens (tertiary/aromatic N) is 4. The van der Waals surface area contributed by atoms with Gasteiger partial charge < -0.3 is 9.84 Å².